The second kappa shape index (κ2) is 4.55. The molecule has 3 rings (SSSR count). The zero-order chi connectivity index (χ0) is 14.3. The standard InChI is InChI=1S/C18H22N2/c1-3-4-9-18(2)16-10-12(19)5-7-14(16)15-8-6-13(20)11-17(15)18/h5-8,10-11H,3-4,9,19-20H2,1-2H3. The van der Waals surface area contributed by atoms with Gasteiger partial charge in [0.1, 0.15) is 0 Å². The summed E-state index contributed by atoms with van der Waals surface area (Å²) in [5.74, 6) is 0. The molecule has 0 unspecified atom stereocenters. The van der Waals surface area contributed by atoms with Crippen LogP contribution in [0.15, 0.2) is 36.4 Å². The Hall–Kier alpha value is -1.96. The Bertz CT molecular complexity index is 607. The third-order valence-electron chi connectivity index (χ3n) is 4.60. The van der Waals surface area contributed by atoms with Crippen LogP contribution >= 0.6 is 0 Å². The molecule has 2 aromatic rings. The minimum Gasteiger partial charge on any atom is -0.399 e. The van der Waals surface area contributed by atoms with Gasteiger partial charge >= 0.3 is 0 Å². The van der Waals surface area contributed by atoms with Gasteiger partial charge in [-0.2, -0.15) is 0 Å². The van der Waals surface area contributed by atoms with Crippen LogP contribution in [0.4, 0.5) is 11.4 Å². The first kappa shape index (κ1) is 13.0. The van der Waals surface area contributed by atoms with Gasteiger partial charge in [0.25, 0.3) is 0 Å². The van der Waals surface area contributed by atoms with E-state index in [9.17, 15) is 0 Å². The van der Waals surface area contributed by atoms with Crippen molar-refractivity contribution in [3.8, 4) is 11.1 Å². The van der Waals surface area contributed by atoms with Gasteiger partial charge in [-0.15, -0.1) is 0 Å². The molecule has 1 aliphatic carbocycles. The lowest BCUT2D eigenvalue weighted by Gasteiger charge is -2.27. The number of hydrogen-bond acceptors (Lipinski definition) is 2. The number of hydrogen-bond donors (Lipinski definition) is 2. The number of nitrogens with two attached hydrogens (primary N) is 2. The van der Waals surface area contributed by atoms with Crippen LogP contribution < -0.4 is 11.5 Å². The van der Waals surface area contributed by atoms with Crippen LogP contribution in [0.25, 0.3) is 11.1 Å². The first-order valence-electron chi connectivity index (χ1n) is 7.36. The smallest absolute Gasteiger partial charge is 0.0317 e. The highest BCUT2D eigenvalue weighted by atomic mass is 14.6. The second-order valence-corrected chi connectivity index (χ2v) is 6.05. The first-order chi connectivity index (χ1) is 9.56. The van der Waals surface area contributed by atoms with E-state index in [-0.39, 0.29) is 5.41 Å². The molecule has 0 spiro atoms. The van der Waals surface area contributed by atoms with Gasteiger partial charge in [-0.1, -0.05) is 38.8 Å². The summed E-state index contributed by atoms with van der Waals surface area (Å²) >= 11 is 0. The summed E-state index contributed by atoms with van der Waals surface area (Å²) < 4.78 is 0. The van der Waals surface area contributed by atoms with E-state index in [1.165, 1.54) is 35.1 Å². The normalized spacial score (nSPS) is 14.9. The molecule has 104 valence electrons. The van der Waals surface area contributed by atoms with Crippen LogP contribution in [-0.2, 0) is 5.41 Å². The van der Waals surface area contributed by atoms with Gasteiger partial charge in [-0.05, 0) is 52.9 Å². The molecule has 0 heterocycles. The molecule has 0 bridgehead atoms. The number of benzene rings is 2. The summed E-state index contributed by atoms with van der Waals surface area (Å²) in [6, 6.07) is 12.6. The zero-order valence-corrected chi connectivity index (χ0v) is 12.2. The second-order valence-electron chi connectivity index (χ2n) is 6.05. The molecule has 0 aliphatic heterocycles. The average molecular weight is 266 g/mol. The molecule has 20 heavy (non-hydrogen) atoms. The van der Waals surface area contributed by atoms with Crippen molar-refractivity contribution < 1.29 is 0 Å². The molecule has 4 N–H and O–H groups in total. The van der Waals surface area contributed by atoms with Crippen molar-refractivity contribution in [3.05, 3.63) is 47.5 Å². The Kier molecular flexibility index (Phi) is 2.97. The van der Waals surface area contributed by atoms with Crippen molar-refractivity contribution in [1.82, 2.24) is 0 Å². The quantitative estimate of drug-likeness (QED) is 0.812. The van der Waals surface area contributed by atoms with E-state index in [4.69, 9.17) is 11.5 Å². The van der Waals surface area contributed by atoms with E-state index in [2.05, 4.69) is 38.1 Å². The maximum Gasteiger partial charge on any atom is 0.0317 e. The summed E-state index contributed by atoms with van der Waals surface area (Å²) in [5, 5.41) is 0. The predicted octanol–water partition coefficient (Wildman–Crippen LogP) is 4.33. The topological polar surface area (TPSA) is 52.0 Å². The van der Waals surface area contributed by atoms with E-state index in [0.717, 1.165) is 17.8 Å². The van der Waals surface area contributed by atoms with Crippen molar-refractivity contribution >= 4 is 11.4 Å². The third kappa shape index (κ3) is 1.79. The van der Waals surface area contributed by atoms with E-state index < -0.39 is 0 Å². The van der Waals surface area contributed by atoms with E-state index in [0.29, 0.717) is 0 Å². The van der Waals surface area contributed by atoms with Gasteiger partial charge in [0.2, 0.25) is 0 Å². The summed E-state index contributed by atoms with van der Waals surface area (Å²) in [5.41, 5.74) is 19.1. The average Bonchev–Trinajstić information content (AvgIpc) is 2.67. The van der Waals surface area contributed by atoms with Gasteiger partial charge in [0.05, 0.1) is 0 Å². The van der Waals surface area contributed by atoms with Crippen LogP contribution in [0.2, 0.25) is 0 Å². The van der Waals surface area contributed by atoms with Crippen molar-refractivity contribution in [2.75, 3.05) is 11.5 Å². The number of rotatable bonds is 3. The molecule has 2 nitrogen and oxygen atoms in total. The van der Waals surface area contributed by atoms with Crippen LogP contribution in [-0.4, -0.2) is 0 Å². The Morgan fingerprint density at radius 1 is 0.900 bits per heavy atom. The molecule has 0 aromatic heterocycles. The van der Waals surface area contributed by atoms with Crippen molar-refractivity contribution in [2.24, 2.45) is 0 Å². The molecule has 2 aromatic carbocycles. The molecular weight excluding hydrogens is 244 g/mol. The van der Waals surface area contributed by atoms with Gasteiger partial charge in [0.15, 0.2) is 0 Å². The fourth-order valence-corrected chi connectivity index (χ4v) is 3.45. The highest BCUT2D eigenvalue weighted by Crippen LogP contribution is 2.52. The summed E-state index contributed by atoms with van der Waals surface area (Å²) in [4.78, 5) is 0. The summed E-state index contributed by atoms with van der Waals surface area (Å²) in [7, 11) is 0. The molecule has 2 heteroatoms. The highest BCUT2D eigenvalue weighted by Gasteiger charge is 2.38. The van der Waals surface area contributed by atoms with E-state index in [1.807, 2.05) is 12.1 Å². The maximum atomic E-state index is 6.02. The van der Waals surface area contributed by atoms with Crippen molar-refractivity contribution in [3.63, 3.8) is 0 Å². The molecule has 0 saturated carbocycles. The van der Waals surface area contributed by atoms with Gasteiger partial charge in [-0.3, -0.25) is 0 Å². The Balaban J connectivity index is 2.24. The number of fused-ring (bicyclic) bond motifs is 3. The predicted molar refractivity (Wildman–Crippen MR) is 86.7 cm³/mol. The molecule has 0 radical (unpaired) electrons. The lowest BCUT2D eigenvalue weighted by atomic mass is 9.76. The molecule has 0 amide bonds. The third-order valence-corrected chi connectivity index (χ3v) is 4.60. The Morgan fingerprint density at radius 3 is 1.85 bits per heavy atom. The minimum absolute atomic E-state index is 0.0332. The van der Waals surface area contributed by atoms with E-state index in [1.54, 1.807) is 0 Å². The molecular formula is C18H22N2. The van der Waals surface area contributed by atoms with Crippen LogP contribution in [0.5, 0.6) is 0 Å². The van der Waals surface area contributed by atoms with Gasteiger partial charge in [0, 0.05) is 16.8 Å². The van der Waals surface area contributed by atoms with Crippen LogP contribution in [0.1, 0.15) is 44.2 Å². The Morgan fingerprint density at radius 2 is 1.40 bits per heavy atom. The monoisotopic (exact) mass is 266 g/mol. The zero-order valence-electron chi connectivity index (χ0n) is 12.2. The van der Waals surface area contributed by atoms with Crippen molar-refractivity contribution in [1.29, 1.82) is 0 Å². The number of unbranched alkanes of at least 4 members (excludes halogenated alkanes) is 1. The lowest BCUT2D eigenvalue weighted by molar-refractivity contribution is 0.504. The minimum atomic E-state index is 0.0332. The highest BCUT2D eigenvalue weighted by molar-refractivity contribution is 5.83. The molecule has 0 saturated heterocycles. The fraction of sp³-hybridized carbons (Fsp3) is 0.333. The summed E-state index contributed by atoms with van der Waals surface area (Å²) in [6.45, 7) is 4.56. The maximum absolute atomic E-state index is 6.02. The number of anilines is 2. The largest absolute Gasteiger partial charge is 0.399 e. The van der Waals surface area contributed by atoms with Crippen molar-refractivity contribution in [2.45, 2.75) is 38.5 Å². The SMILES string of the molecule is CCCCC1(C)c2cc(N)ccc2-c2ccc(N)cc21. The van der Waals surface area contributed by atoms with Crippen LogP contribution in [0.3, 0.4) is 0 Å². The van der Waals surface area contributed by atoms with Gasteiger partial charge in [-0.25, -0.2) is 0 Å². The van der Waals surface area contributed by atoms with Gasteiger partial charge < -0.3 is 11.5 Å². The lowest BCUT2D eigenvalue weighted by Crippen LogP contribution is -2.21. The first-order valence-corrected chi connectivity index (χ1v) is 7.36. The molecule has 1 aliphatic rings. The number of nitrogen functional groups attached to an aromatic ring is 2. The Labute approximate surface area is 120 Å². The summed E-state index contributed by atoms with van der Waals surface area (Å²) in [6.07, 6.45) is 3.54. The fourth-order valence-electron chi connectivity index (χ4n) is 3.45. The van der Waals surface area contributed by atoms with E-state index >= 15 is 0 Å². The molecule has 0 atom stereocenters. The molecule has 0 fully saturated rings. The van der Waals surface area contributed by atoms with Crippen LogP contribution in [0, 0.1) is 0 Å².